The van der Waals surface area contributed by atoms with Crippen molar-refractivity contribution in [3.8, 4) is 0 Å². The van der Waals surface area contributed by atoms with E-state index < -0.39 is 11.6 Å². The molecule has 126 valence electrons. The van der Waals surface area contributed by atoms with Crippen molar-refractivity contribution in [2.45, 2.75) is 20.0 Å². The second-order valence-corrected chi connectivity index (χ2v) is 6.06. The van der Waals surface area contributed by atoms with Crippen molar-refractivity contribution in [2.24, 2.45) is 0 Å². The summed E-state index contributed by atoms with van der Waals surface area (Å²) in [5.74, 6) is -1.61. The molecule has 0 saturated heterocycles. The largest absolute Gasteiger partial charge is 0.381 e. The van der Waals surface area contributed by atoms with Gasteiger partial charge in [0, 0.05) is 46.1 Å². The standard InChI is InChI=1S/C21H18F2N2/c1-2-25-19-9-4-3-7-16(19)17-12-15(10-11-20(17)25)24-13-14-6-5-8-18(22)21(14)23/h3-12,24H,2,13H2,1H3. The van der Waals surface area contributed by atoms with Crippen LogP contribution in [0.1, 0.15) is 12.5 Å². The number of para-hydroxylation sites is 1. The maximum Gasteiger partial charge on any atom is 0.163 e. The molecule has 0 saturated carbocycles. The molecule has 0 aliphatic rings. The highest BCUT2D eigenvalue weighted by Gasteiger charge is 2.10. The second kappa shape index (κ2) is 6.20. The summed E-state index contributed by atoms with van der Waals surface area (Å²) >= 11 is 0. The lowest BCUT2D eigenvalue weighted by molar-refractivity contribution is 0.500. The zero-order chi connectivity index (χ0) is 17.4. The topological polar surface area (TPSA) is 17.0 Å². The molecule has 1 aromatic heterocycles. The van der Waals surface area contributed by atoms with Crippen molar-refractivity contribution in [2.75, 3.05) is 5.32 Å². The van der Waals surface area contributed by atoms with Crippen LogP contribution in [-0.2, 0) is 13.1 Å². The summed E-state index contributed by atoms with van der Waals surface area (Å²) in [6.07, 6.45) is 0. The predicted octanol–water partition coefficient (Wildman–Crippen LogP) is 5.70. The third-order valence-corrected chi connectivity index (χ3v) is 4.60. The van der Waals surface area contributed by atoms with Crippen LogP contribution < -0.4 is 5.32 Å². The highest BCUT2D eigenvalue weighted by atomic mass is 19.2. The van der Waals surface area contributed by atoms with E-state index in [2.05, 4.69) is 41.1 Å². The number of rotatable bonds is 4. The highest BCUT2D eigenvalue weighted by Crippen LogP contribution is 2.31. The predicted molar refractivity (Wildman–Crippen MR) is 98.8 cm³/mol. The Morgan fingerprint density at radius 3 is 2.52 bits per heavy atom. The molecule has 4 rings (SSSR count). The molecule has 0 bridgehead atoms. The minimum atomic E-state index is -0.819. The summed E-state index contributed by atoms with van der Waals surface area (Å²) in [5.41, 5.74) is 3.57. The molecule has 1 heterocycles. The van der Waals surface area contributed by atoms with E-state index in [4.69, 9.17) is 0 Å². The number of halogens is 2. The first-order valence-electron chi connectivity index (χ1n) is 8.37. The van der Waals surface area contributed by atoms with E-state index in [1.54, 1.807) is 6.07 Å². The molecule has 2 nitrogen and oxygen atoms in total. The van der Waals surface area contributed by atoms with Crippen molar-refractivity contribution >= 4 is 27.5 Å². The van der Waals surface area contributed by atoms with Crippen LogP contribution in [0.3, 0.4) is 0 Å². The summed E-state index contributed by atoms with van der Waals surface area (Å²) < 4.78 is 29.4. The van der Waals surface area contributed by atoms with Crippen LogP contribution in [0.15, 0.2) is 60.7 Å². The molecule has 4 heteroatoms. The molecule has 0 spiro atoms. The van der Waals surface area contributed by atoms with Gasteiger partial charge in [-0.2, -0.15) is 0 Å². The summed E-state index contributed by atoms with van der Waals surface area (Å²) in [4.78, 5) is 0. The van der Waals surface area contributed by atoms with Crippen molar-refractivity contribution in [3.63, 3.8) is 0 Å². The lowest BCUT2D eigenvalue weighted by atomic mass is 10.1. The van der Waals surface area contributed by atoms with E-state index in [0.717, 1.165) is 23.7 Å². The third-order valence-electron chi connectivity index (χ3n) is 4.60. The minimum Gasteiger partial charge on any atom is -0.381 e. The van der Waals surface area contributed by atoms with Crippen LogP contribution >= 0.6 is 0 Å². The first-order chi connectivity index (χ1) is 12.2. The Kier molecular flexibility index (Phi) is 3.88. The van der Waals surface area contributed by atoms with Crippen LogP contribution in [0.4, 0.5) is 14.5 Å². The van der Waals surface area contributed by atoms with E-state index in [-0.39, 0.29) is 6.54 Å². The number of anilines is 1. The number of nitrogens with one attached hydrogen (secondary N) is 1. The van der Waals surface area contributed by atoms with Gasteiger partial charge in [-0.15, -0.1) is 0 Å². The number of fused-ring (bicyclic) bond motifs is 3. The van der Waals surface area contributed by atoms with E-state index in [1.165, 1.54) is 22.5 Å². The molecule has 3 aromatic carbocycles. The van der Waals surface area contributed by atoms with Crippen molar-refractivity contribution < 1.29 is 8.78 Å². The van der Waals surface area contributed by atoms with Gasteiger partial charge in [-0.1, -0.05) is 30.3 Å². The van der Waals surface area contributed by atoms with Gasteiger partial charge >= 0.3 is 0 Å². The fourth-order valence-electron chi connectivity index (χ4n) is 3.39. The van der Waals surface area contributed by atoms with Crippen LogP contribution in [0, 0.1) is 11.6 Å². The van der Waals surface area contributed by atoms with Crippen molar-refractivity contribution in [1.29, 1.82) is 0 Å². The van der Waals surface area contributed by atoms with E-state index >= 15 is 0 Å². The Hall–Kier alpha value is -2.88. The molecule has 0 fully saturated rings. The minimum absolute atomic E-state index is 0.238. The number of hydrogen-bond donors (Lipinski definition) is 1. The molecule has 0 amide bonds. The number of aryl methyl sites for hydroxylation is 1. The van der Waals surface area contributed by atoms with Crippen LogP contribution in [0.25, 0.3) is 21.8 Å². The normalized spacial score (nSPS) is 11.3. The molecule has 0 aliphatic heterocycles. The zero-order valence-corrected chi connectivity index (χ0v) is 13.9. The average Bonchev–Trinajstić information content (AvgIpc) is 2.96. The first-order valence-corrected chi connectivity index (χ1v) is 8.37. The molecule has 25 heavy (non-hydrogen) atoms. The summed E-state index contributed by atoms with van der Waals surface area (Å²) in [7, 11) is 0. The maximum atomic E-state index is 13.8. The van der Waals surface area contributed by atoms with Gasteiger partial charge in [-0.25, -0.2) is 8.78 Å². The quantitative estimate of drug-likeness (QED) is 0.505. The van der Waals surface area contributed by atoms with Crippen molar-refractivity contribution in [3.05, 3.63) is 77.9 Å². The van der Waals surface area contributed by atoms with Gasteiger partial charge < -0.3 is 9.88 Å². The highest BCUT2D eigenvalue weighted by molar-refractivity contribution is 6.09. The smallest absolute Gasteiger partial charge is 0.163 e. The number of benzene rings is 3. The molecule has 4 aromatic rings. The van der Waals surface area contributed by atoms with Gasteiger partial charge in [0.2, 0.25) is 0 Å². The zero-order valence-electron chi connectivity index (χ0n) is 13.9. The summed E-state index contributed by atoms with van der Waals surface area (Å²) in [6, 6.07) is 18.7. The van der Waals surface area contributed by atoms with Gasteiger partial charge in [-0.3, -0.25) is 0 Å². The third kappa shape index (κ3) is 2.64. The molecule has 0 atom stereocenters. The molecule has 1 N–H and O–H groups in total. The van der Waals surface area contributed by atoms with Crippen LogP contribution in [0.2, 0.25) is 0 Å². The molecule has 0 aliphatic carbocycles. The van der Waals surface area contributed by atoms with Gasteiger partial charge in [0.05, 0.1) is 0 Å². The number of nitrogens with zero attached hydrogens (tertiary/aromatic N) is 1. The van der Waals surface area contributed by atoms with E-state index in [1.807, 2.05) is 18.2 Å². The van der Waals surface area contributed by atoms with E-state index in [9.17, 15) is 8.78 Å². The summed E-state index contributed by atoms with van der Waals surface area (Å²) in [6.45, 7) is 3.26. The second-order valence-electron chi connectivity index (χ2n) is 6.06. The Morgan fingerprint density at radius 1 is 0.880 bits per heavy atom. The summed E-state index contributed by atoms with van der Waals surface area (Å²) in [5, 5.41) is 5.55. The Labute approximate surface area is 144 Å². The molecule has 0 radical (unpaired) electrons. The van der Waals surface area contributed by atoms with Crippen LogP contribution in [0.5, 0.6) is 0 Å². The SMILES string of the molecule is CCn1c2ccccc2c2cc(NCc3cccc(F)c3F)ccc21. The monoisotopic (exact) mass is 336 g/mol. The van der Waals surface area contributed by atoms with Gasteiger partial charge in [0.25, 0.3) is 0 Å². The Morgan fingerprint density at radius 2 is 1.68 bits per heavy atom. The van der Waals surface area contributed by atoms with E-state index in [0.29, 0.717) is 5.56 Å². The fourth-order valence-corrected chi connectivity index (χ4v) is 3.39. The Balaban J connectivity index is 1.72. The Bertz CT molecular complexity index is 1070. The van der Waals surface area contributed by atoms with Gasteiger partial charge in [0.15, 0.2) is 11.6 Å². The fraction of sp³-hybridized carbons (Fsp3) is 0.143. The number of hydrogen-bond acceptors (Lipinski definition) is 1. The molecule has 0 unspecified atom stereocenters. The molecular formula is C21H18F2N2. The van der Waals surface area contributed by atoms with Crippen LogP contribution in [-0.4, -0.2) is 4.57 Å². The lowest BCUT2D eigenvalue weighted by Crippen LogP contribution is -2.03. The van der Waals surface area contributed by atoms with Gasteiger partial charge in [0.1, 0.15) is 0 Å². The molecular weight excluding hydrogens is 318 g/mol. The average molecular weight is 336 g/mol. The maximum absolute atomic E-state index is 13.8. The van der Waals surface area contributed by atoms with Crippen molar-refractivity contribution in [1.82, 2.24) is 4.57 Å². The van der Waals surface area contributed by atoms with Gasteiger partial charge in [-0.05, 0) is 37.3 Å². The number of aromatic nitrogens is 1. The first kappa shape index (κ1) is 15.6. The lowest BCUT2D eigenvalue weighted by Gasteiger charge is -2.09.